The Labute approximate surface area is 69.7 Å². The van der Waals surface area contributed by atoms with E-state index >= 15 is 0 Å². The van der Waals surface area contributed by atoms with Crippen LogP contribution in [0.25, 0.3) is 0 Å². The molecule has 3 heteroatoms. The van der Waals surface area contributed by atoms with E-state index < -0.39 is 14.7 Å². The Morgan fingerprint density at radius 3 is 2.30 bits per heavy atom. The Morgan fingerprint density at radius 2 is 2.20 bits per heavy atom. The quantitative estimate of drug-likeness (QED) is 0.358. The third-order valence-corrected chi connectivity index (χ3v) is 2.78. The van der Waals surface area contributed by atoms with E-state index in [2.05, 4.69) is 5.92 Å². The van der Waals surface area contributed by atoms with E-state index in [1.54, 1.807) is 0 Å². The van der Waals surface area contributed by atoms with Crippen molar-refractivity contribution in [2.75, 3.05) is 0 Å². The van der Waals surface area contributed by atoms with Crippen molar-refractivity contribution in [2.45, 2.75) is 26.4 Å². The van der Waals surface area contributed by atoms with Crippen LogP contribution < -0.4 is 0 Å². The number of halogens is 1. The molecule has 58 valence electrons. The largest absolute Gasteiger partial charge is 0.392 e. The zero-order valence-electron chi connectivity index (χ0n) is 6.65. The first kappa shape index (κ1) is 10.0. The average molecular weight is 177 g/mol. The summed E-state index contributed by atoms with van der Waals surface area (Å²) in [4.78, 5) is 0. The molecule has 0 spiro atoms. The molecule has 0 aliphatic heterocycles. The molecule has 0 aromatic heterocycles. The van der Waals surface area contributed by atoms with Crippen molar-refractivity contribution in [3.8, 4) is 12.3 Å². The highest BCUT2D eigenvalue weighted by Crippen LogP contribution is 2.19. The van der Waals surface area contributed by atoms with Gasteiger partial charge in [0.1, 0.15) is 5.60 Å². The van der Waals surface area contributed by atoms with E-state index in [-0.39, 0.29) is 0 Å². The fourth-order valence-electron chi connectivity index (χ4n) is 0.488. The summed E-state index contributed by atoms with van der Waals surface area (Å²) in [5, 5.41) is 0. The Bertz CT molecular complexity index is 141. The lowest BCUT2D eigenvalue weighted by molar-refractivity contribution is 0.110. The van der Waals surface area contributed by atoms with Crippen LogP contribution in [0.4, 0.5) is 0 Å². The number of terminal acetylenes is 1. The molecule has 0 saturated heterocycles. The van der Waals surface area contributed by atoms with Crippen molar-refractivity contribution in [1.29, 1.82) is 0 Å². The number of rotatable bonds is 3. The van der Waals surface area contributed by atoms with Gasteiger partial charge < -0.3 is 4.43 Å². The smallest absolute Gasteiger partial charge is 0.260 e. The third kappa shape index (κ3) is 2.34. The van der Waals surface area contributed by atoms with Crippen molar-refractivity contribution in [3.63, 3.8) is 0 Å². The molecule has 0 heterocycles. The maximum Gasteiger partial charge on any atom is 0.260 e. The summed E-state index contributed by atoms with van der Waals surface area (Å²) >= 11 is 5.53. The van der Waals surface area contributed by atoms with Gasteiger partial charge >= 0.3 is 0 Å². The van der Waals surface area contributed by atoms with Crippen LogP contribution in [0.2, 0.25) is 0 Å². The van der Waals surface area contributed by atoms with Gasteiger partial charge in [0.25, 0.3) is 9.07 Å². The van der Waals surface area contributed by atoms with Crippen LogP contribution in [0.3, 0.4) is 0 Å². The molecule has 0 saturated carbocycles. The van der Waals surface area contributed by atoms with Crippen molar-refractivity contribution >= 4 is 20.2 Å². The lowest BCUT2D eigenvalue weighted by Gasteiger charge is -2.27. The van der Waals surface area contributed by atoms with Gasteiger partial charge in [-0.15, -0.1) is 17.5 Å². The predicted molar refractivity (Wildman–Crippen MR) is 47.6 cm³/mol. The van der Waals surface area contributed by atoms with Crippen molar-refractivity contribution in [3.05, 3.63) is 0 Å². The van der Waals surface area contributed by atoms with E-state index in [1.807, 2.05) is 20.8 Å². The molecular formula is C7H13ClOSi. The van der Waals surface area contributed by atoms with Gasteiger partial charge in [-0.2, -0.15) is 0 Å². The molecule has 0 fully saturated rings. The van der Waals surface area contributed by atoms with Crippen LogP contribution in [0, 0.1) is 18.3 Å². The fraction of sp³-hybridized carbons (Fsp3) is 0.714. The van der Waals surface area contributed by atoms with Gasteiger partial charge in [-0.05, 0) is 12.8 Å². The second-order valence-corrected chi connectivity index (χ2v) is 3.82. The Hall–Kier alpha value is 0.0269. The summed E-state index contributed by atoms with van der Waals surface area (Å²) < 4.78 is 5.31. The Kier molecular flexibility index (Phi) is 4.03. The Balaban J connectivity index is 4.12. The molecule has 0 aromatic carbocycles. The van der Waals surface area contributed by atoms with Gasteiger partial charge in [0.05, 0.1) is 0 Å². The van der Waals surface area contributed by atoms with Gasteiger partial charge in [-0.1, -0.05) is 19.8 Å². The van der Waals surface area contributed by atoms with Crippen LogP contribution in [0.1, 0.15) is 20.8 Å². The predicted octanol–water partition coefficient (Wildman–Crippen LogP) is 1.29. The topological polar surface area (TPSA) is 9.23 Å². The summed E-state index contributed by atoms with van der Waals surface area (Å²) in [5.74, 6) is 2.93. The van der Waals surface area contributed by atoms with Gasteiger partial charge in [-0.3, -0.25) is 0 Å². The molecule has 0 unspecified atom stereocenters. The minimum Gasteiger partial charge on any atom is -0.392 e. The van der Waals surface area contributed by atoms with Gasteiger partial charge in [0.2, 0.25) is 0 Å². The normalized spacial score (nSPS) is 17.6. The summed E-state index contributed by atoms with van der Waals surface area (Å²) in [6, 6.07) is 0. The van der Waals surface area contributed by atoms with Crippen LogP contribution in [-0.2, 0) is 4.43 Å². The standard InChI is InChI=1S/C7H13ClOSi/c1-5-7(4,6(2)3)9-10-8/h1,6H,10H2,2-4H3/t7-/m0/s1. The lowest BCUT2D eigenvalue weighted by atomic mass is 9.94. The first-order chi connectivity index (χ1) is 4.56. The summed E-state index contributed by atoms with van der Waals surface area (Å²) in [7, 11) is -0.914. The maximum atomic E-state index is 5.53. The summed E-state index contributed by atoms with van der Waals surface area (Å²) in [6.45, 7) is 5.95. The second kappa shape index (κ2) is 4.02. The lowest BCUT2D eigenvalue weighted by Crippen LogP contribution is -2.33. The molecular weight excluding hydrogens is 164 g/mol. The van der Waals surface area contributed by atoms with Gasteiger partial charge in [0.15, 0.2) is 0 Å². The van der Waals surface area contributed by atoms with Crippen LogP contribution in [-0.4, -0.2) is 14.7 Å². The number of hydrogen-bond acceptors (Lipinski definition) is 1. The monoisotopic (exact) mass is 176 g/mol. The minimum absolute atomic E-state index is 0.323. The first-order valence-corrected chi connectivity index (χ1v) is 5.96. The molecule has 0 rings (SSSR count). The average Bonchev–Trinajstić information content (AvgIpc) is 1.88. The number of hydrogen-bond donors (Lipinski definition) is 0. The van der Waals surface area contributed by atoms with Crippen molar-refractivity contribution in [2.24, 2.45) is 5.92 Å². The maximum absolute atomic E-state index is 5.53. The molecule has 0 N–H and O–H groups in total. The van der Waals surface area contributed by atoms with Gasteiger partial charge in [-0.25, -0.2) is 0 Å². The van der Waals surface area contributed by atoms with E-state index in [4.69, 9.17) is 21.9 Å². The van der Waals surface area contributed by atoms with Crippen molar-refractivity contribution in [1.82, 2.24) is 0 Å². The van der Waals surface area contributed by atoms with Crippen molar-refractivity contribution < 1.29 is 4.43 Å². The van der Waals surface area contributed by atoms with Gasteiger partial charge in [0, 0.05) is 0 Å². The first-order valence-electron chi connectivity index (χ1n) is 3.24. The molecule has 1 atom stereocenters. The Morgan fingerprint density at radius 1 is 1.70 bits per heavy atom. The third-order valence-electron chi connectivity index (χ3n) is 1.74. The minimum atomic E-state index is -0.914. The van der Waals surface area contributed by atoms with Crippen LogP contribution in [0.15, 0.2) is 0 Å². The summed E-state index contributed by atoms with van der Waals surface area (Å²) in [5.41, 5.74) is -0.450. The highest BCUT2D eigenvalue weighted by Gasteiger charge is 2.25. The molecule has 0 radical (unpaired) electrons. The van der Waals surface area contributed by atoms with E-state index in [0.29, 0.717) is 5.92 Å². The van der Waals surface area contributed by atoms with E-state index in [9.17, 15) is 0 Å². The molecule has 0 bridgehead atoms. The molecule has 0 amide bonds. The molecule has 10 heavy (non-hydrogen) atoms. The highest BCUT2D eigenvalue weighted by molar-refractivity contribution is 6.90. The molecule has 0 aliphatic rings. The molecule has 1 nitrogen and oxygen atoms in total. The zero-order chi connectivity index (χ0) is 8.20. The summed E-state index contributed by atoms with van der Waals surface area (Å²) in [6.07, 6.45) is 5.28. The van der Waals surface area contributed by atoms with E-state index in [0.717, 1.165) is 0 Å². The van der Waals surface area contributed by atoms with Crippen LogP contribution >= 0.6 is 11.1 Å². The SMILES string of the molecule is C#C[C@](C)(O[SiH2]Cl)C(C)C. The zero-order valence-corrected chi connectivity index (χ0v) is 8.82. The molecule has 0 aromatic rings. The van der Waals surface area contributed by atoms with Crippen LogP contribution in [0.5, 0.6) is 0 Å². The second-order valence-electron chi connectivity index (χ2n) is 2.66. The van der Waals surface area contributed by atoms with E-state index in [1.165, 1.54) is 0 Å². The fourth-order valence-corrected chi connectivity index (χ4v) is 1.81. The highest BCUT2D eigenvalue weighted by atomic mass is 35.6. The molecule has 0 aliphatic carbocycles.